The Morgan fingerprint density at radius 1 is 1.47 bits per heavy atom. The van der Waals surface area contributed by atoms with Gasteiger partial charge in [0.15, 0.2) is 0 Å². The summed E-state index contributed by atoms with van der Waals surface area (Å²) >= 11 is 7.67. The Balaban J connectivity index is 2.15. The highest BCUT2D eigenvalue weighted by Crippen LogP contribution is 2.35. The number of halogens is 1. The van der Waals surface area contributed by atoms with Crippen LogP contribution in [-0.4, -0.2) is 16.2 Å². The Labute approximate surface area is 109 Å². The van der Waals surface area contributed by atoms with E-state index in [9.17, 15) is 0 Å². The maximum atomic E-state index is 6.15. The molecule has 2 aromatic heterocycles. The van der Waals surface area contributed by atoms with Gasteiger partial charge in [0.05, 0.1) is 11.6 Å². The van der Waals surface area contributed by atoms with Crippen molar-refractivity contribution in [1.82, 2.24) is 15.5 Å². The van der Waals surface area contributed by atoms with E-state index in [2.05, 4.69) is 29.4 Å². The van der Waals surface area contributed by atoms with Gasteiger partial charge in [-0.15, -0.1) is 21.5 Å². The van der Waals surface area contributed by atoms with Crippen molar-refractivity contribution in [2.24, 2.45) is 0 Å². The lowest BCUT2D eigenvalue weighted by Gasteiger charge is -2.03. The Bertz CT molecular complexity index is 507. The standard InChI is InChI=1S/C11H14ClN3OS/c1-6(2)13-4-8-14-15-11(16-8)10-9(12)7(3)5-17-10/h5-6,13H,4H2,1-3H3. The minimum Gasteiger partial charge on any atom is -0.418 e. The third-order valence-corrected chi connectivity index (χ3v) is 3.91. The third kappa shape index (κ3) is 2.86. The van der Waals surface area contributed by atoms with Crippen LogP contribution in [0.2, 0.25) is 5.02 Å². The van der Waals surface area contributed by atoms with Crippen molar-refractivity contribution < 1.29 is 4.42 Å². The molecule has 0 aliphatic rings. The van der Waals surface area contributed by atoms with Crippen LogP contribution in [0.3, 0.4) is 0 Å². The van der Waals surface area contributed by atoms with E-state index in [-0.39, 0.29) is 0 Å². The van der Waals surface area contributed by atoms with Gasteiger partial charge < -0.3 is 9.73 Å². The highest BCUT2D eigenvalue weighted by Gasteiger charge is 2.15. The fourth-order valence-electron chi connectivity index (χ4n) is 1.28. The van der Waals surface area contributed by atoms with Crippen LogP contribution in [0.25, 0.3) is 10.8 Å². The van der Waals surface area contributed by atoms with E-state index in [1.54, 1.807) is 0 Å². The molecule has 0 amide bonds. The molecule has 0 saturated carbocycles. The molecule has 1 N–H and O–H groups in total. The van der Waals surface area contributed by atoms with Crippen molar-refractivity contribution in [3.05, 3.63) is 21.9 Å². The van der Waals surface area contributed by atoms with Gasteiger partial charge in [-0.2, -0.15) is 0 Å². The maximum Gasteiger partial charge on any atom is 0.259 e. The minimum absolute atomic E-state index is 0.387. The van der Waals surface area contributed by atoms with Gasteiger partial charge in [-0.3, -0.25) is 0 Å². The fourth-order valence-corrected chi connectivity index (χ4v) is 2.48. The van der Waals surface area contributed by atoms with E-state index in [0.717, 1.165) is 10.4 Å². The summed E-state index contributed by atoms with van der Waals surface area (Å²) in [4.78, 5) is 0.840. The first kappa shape index (κ1) is 12.5. The molecule has 4 nitrogen and oxygen atoms in total. The van der Waals surface area contributed by atoms with Gasteiger partial charge in [0.2, 0.25) is 5.89 Å². The average Bonchev–Trinajstić information content (AvgIpc) is 2.85. The van der Waals surface area contributed by atoms with E-state index < -0.39 is 0 Å². The number of nitrogens with one attached hydrogen (secondary N) is 1. The van der Waals surface area contributed by atoms with Crippen molar-refractivity contribution in [3.63, 3.8) is 0 Å². The Hall–Kier alpha value is -0.910. The molecule has 92 valence electrons. The summed E-state index contributed by atoms with van der Waals surface area (Å²) in [6, 6.07) is 0.387. The fraction of sp³-hybridized carbons (Fsp3) is 0.455. The normalized spacial score (nSPS) is 11.4. The molecule has 0 bridgehead atoms. The first-order valence-corrected chi connectivity index (χ1v) is 6.63. The molecule has 2 heterocycles. The molecule has 0 saturated heterocycles. The van der Waals surface area contributed by atoms with E-state index in [1.165, 1.54) is 11.3 Å². The van der Waals surface area contributed by atoms with Crippen molar-refractivity contribution in [2.75, 3.05) is 0 Å². The van der Waals surface area contributed by atoms with Gasteiger partial charge in [0.1, 0.15) is 4.88 Å². The highest BCUT2D eigenvalue weighted by atomic mass is 35.5. The number of nitrogens with zero attached hydrogens (tertiary/aromatic N) is 2. The summed E-state index contributed by atoms with van der Waals surface area (Å²) in [5.41, 5.74) is 1.03. The lowest BCUT2D eigenvalue weighted by Crippen LogP contribution is -2.21. The molecule has 0 aliphatic carbocycles. The third-order valence-electron chi connectivity index (χ3n) is 2.22. The molecule has 0 atom stereocenters. The summed E-state index contributed by atoms with van der Waals surface area (Å²) in [5.74, 6) is 1.07. The van der Waals surface area contributed by atoms with Crippen LogP contribution >= 0.6 is 22.9 Å². The molecule has 0 fully saturated rings. The lowest BCUT2D eigenvalue weighted by atomic mass is 10.3. The van der Waals surface area contributed by atoms with Crippen molar-refractivity contribution >= 4 is 22.9 Å². The second-order valence-electron chi connectivity index (χ2n) is 4.10. The first-order valence-electron chi connectivity index (χ1n) is 5.37. The van der Waals surface area contributed by atoms with Crippen molar-refractivity contribution in [2.45, 2.75) is 33.4 Å². The second kappa shape index (κ2) is 5.16. The summed E-state index contributed by atoms with van der Waals surface area (Å²) in [5, 5.41) is 13.9. The zero-order valence-corrected chi connectivity index (χ0v) is 11.5. The second-order valence-corrected chi connectivity index (χ2v) is 5.36. The lowest BCUT2D eigenvalue weighted by molar-refractivity contribution is 0.459. The van der Waals surface area contributed by atoms with Crippen LogP contribution in [0.5, 0.6) is 0 Å². The molecule has 17 heavy (non-hydrogen) atoms. The topological polar surface area (TPSA) is 51.0 Å². The van der Waals surface area contributed by atoms with Gasteiger partial charge in [-0.05, 0) is 17.9 Å². The molecule has 2 rings (SSSR count). The number of rotatable bonds is 4. The summed E-state index contributed by atoms with van der Waals surface area (Å²) in [6.07, 6.45) is 0. The monoisotopic (exact) mass is 271 g/mol. The number of thiophene rings is 1. The van der Waals surface area contributed by atoms with E-state index in [1.807, 2.05) is 12.3 Å². The number of aryl methyl sites for hydroxylation is 1. The zero-order chi connectivity index (χ0) is 12.4. The van der Waals surface area contributed by atoms with Gasteiger partial charge in [-0.1, -0.05) is 25.4 Å². The van der Waals surface area contributed by atoms with E-state index in [0.29, 0.717) is 29.4 Å². The smallest absolute Gasteiger partial charge is 0.259 e. The van der Waals surface area contributed by atoms with Crippen LogP contribution in [0.1, 0.15) is 25.3 Å². The Kier molecular flexibility index (Phi) is 3.81. The molecular formula is C11H14ClN3OS. The number of hydrogen-bond acceptors (Lipinski definition) is 5. The summed E-state index contributed by atoms with van der Waals surface area (Å²) < 4.78 is 5.56. The van der Waals surface area contributed by atoms with Gasteiger partial charge in [0.25, 0.3) is 5.89 Å². The van der Waals surface area contributed by atoms with Crippen LogP contribution in [0.4, 0.5) is 0 Å². The molecule has 0 unspecified atom stereocenters. The van der Waals surface area contributed by atoms with Gasteiger partial charge in [0, 0.05) is 6.04 Å². The SMILES string of the molecule is Cc1csc(-c2nnc(CNC(C)C)o2)c1Cl. The minimum atomic E-state index is 0.387. The molecule has 6 heteroatoms. The summed E-state index contributed by atoms with van der Waals surface area (Å²) in [6.45, 7) is 6.67. The Morgan fingerprint density at radius 3 is 2.82 bits per heavy atom. The molecule has 0 aliphatic heterocycles. The first-order chi connectivity index (χ1) is 8.08. The van der Waals surface area contributed by atoms with Crippen molar-refractivity contribution in [3.8, 4) is 10.8 Å². The Morgan fingerprint density at radius 2 is 2.24 bits per heavy atom. The van der Waals surface area contributed by atoms with Gasteiger partial charge >= 0.3 is 0 Å². The maximum absolute atomic E-state index is 6.15. The molecule has 2 aromatic rings. The largest absolute Gasteiger partial charge is 0.418 e. The average molecular weight is 272 g/mol. The van der Waals surface area contributed by atoms with Gasteiger partial charge in [-0.25, -0.2) is 0 Å². The predicted molar refractivity (Wildman–Crippen MR) is 69.3 cm³/mol. The predicted octanol–water partition coefficient (Wildman–Crippen LogP) is 3.26. The van der Waals surface area contributed by atoms with Crippen LogP contribution in [-0.2, 0) is 6.54 Å². The highest BCUT2D eigenvalue weighted by molar-refractivity contribution is 7.14. The quantitative estimate of drug-likeness (QED) is 0.927. The van der Waals surface area contributed by atoms with E-state index in [4.69, 9.17) is 16.0 Å². The zero-order valence-electron chi connectivity index (χ0n) is 9.95. The molecule has 0 spiro atoms. The number of hydrogen-bond donors (Lipinski definition) is 1. The van der Waals surface area contributed by atoms with Crippen LogP contribution < -0.4 is 5.32 Å². The van der Waals surface area contributed by atoms with Crippen molar-refractivity contribution in [1.29, 1.82) is 0 Å². The summed E-state index contributed by atoms with van der Waals surface area (Å²) in [7, 11) is 0. The molecule has 0 aromatic carbocycles. The van der Waals surface area contributed by atoms with E-state index >= 15 is 0 Å². The number of aromatic nitrogens is 2. The molecular weight excluding hydrogens is 258 g/mol. The van der Waals surface area contributed by atoms with Crippen LogP contribution in [0.15, 0.2) is 9.80 Å². The molecule has 0 radical (unpaired) electrons. The van der Waals surface area contributed by atoms with Crippen LogP contribution in [0, 0.1) is 6.92 Å².